The van der Waals surface area contributed by atoms with Crippen LogP contribution in [0, 0.1) is 24.0 Å². The second-order valence-electron chi connectivity index (χ2n) is 7.02. The van der Waals surface area contributed by atoms with Gasteiger partial charge in [-0.3, -0.25) is 10.1 Å². The molecule has 0 saturated carbocycles. The predicted molar refractivity (Wildman–Crippen MR) is 102 cm³/mol. The van der Waals surface area contributed by atoms with Crippen LogP contribution in [0.2, 0.25) is 0 Å². The lowest BCUT2D eigenvalue weighted by atomic mass is 10.1. The Labute approximate surface area is 159 Å². The van der Waals surface area contributed by atoms with E-state index in [2.05, 4.69) is 32.0 Å². The van der Waals surface area contributed by atoms with Crippen molar-refractivity contribution in [3.05, 3.63) is 69.3 Å². The number of hydrogen-bond donors (Lipinski definition) is 1. The first-order valence-electron chi connectivity index (χ1n) is 8.91. The number of nitro benzene ring substituents is 1. The van der Waals surface area contributed by atoms with Gasteiger partial charge in [-0.05, 0) is 25.5 Å². The Hall–Kier alpha value is -2.29. The van der Waals surface area contributed by atoms with Crippen LogP contribution in [0.15, 0.2) is 47.4 Å². The van der Waals surface area contributed by atoms with Crippen molar-refractivity contribution in [2.75, 3.05) is 26.2 Å². The first kappa shape index (κ1) is 19.5. The molecule has 0 radical (unpaired) electrons. The number of benzene rings is 2. The van der Waals surface area contributed by atoms with E-state index in [0.29, 0.717) is 26.2 Å². The summed E-state index contributed by atoms with van der Waals surface area (Å²) in [6.07, 6.45) is 0. The average Bonchev–Trinajstić information content (AvgIpc) is 2.65. The number of hydrogen-bond acceptors (Lipinski definition) is 4. The molecule has 1 saturated heterocycles. The molecule has 27 heavy (non-hydrogen) atoms. The van der Waals surface area contributed by atoms with Gasteiger partial charge >= 0.3 is 0 Å². The monoisotopic (exact) mass is 390 g/mol. The van der Waals surface area contributed by atoms with Crippen LogP contribution in [0.5, 0.6) is 0 Å². The van der Waals surface area contributed by atoms with Crippen molar-refractivity contribution < 1.29 is 18.2 Å². The van der Waals surface area contributed by atoms with Gasteiger partial charge in [-0.15, -0.1) is 0 Å². The van der Waals surface area contributed by atoms with E-state index in [1.165, 1.54) is 44.1 Å². The zero-order valence-corrected chi connectivity index (χ0v) is 16.3. The summed E-state index contributed by atoms with van der Waals surface area (Å²) in [6, 6.07) is 11.7. The predicted octanol–water partition coefficient (Wildman–Crippen LogP) is 1.30. The Bertz CT molecular complexity index is 951. The van der Waals surface area contributed by atoms with Gasteiger partial charge in [-0.25, -0.2) is 8.42 Å². The van der Waals surface area contributed by atoms with Gasteiger partial charge in [-0.1, -0.05) is 29.8 Å². The SMILES string of the molecule is Cc1ccc(C)c(C[NH+]2CCN(S(=O)(=O)c3cccc([N+](=O)[O-])c3)CC2)c1. The van der Waals surface area contributed by atoms with Crippen molar-refractivity contribution in [1.82, 2.24) is 4.31 Å². The van der Waals surface area contributed by atoms with E-state index in [4.69, 9.17) is 0 Å². The second-order valence-corrected chi connectivity index (χ2v) is 8.95. The van der Waals surface area contributed by atoms with Gasteiger partial charge < -0.3 is 4.90 Å². The molecule has 1 aliphatic heterocycles. The summed E-state index contributed by atoms with van der Waals surface area (Å²) < 4.78 is 27.1. The Morgan fingerprint density at radius 1 is 1.11 bits per heavy atom. The van der Waals surface area contributed by atoms with Gasteiger partial charge in [-0.2, -0.15) is 4.31 Å². The first-order valence-corrected chi connectivity index (χ1v) is 10.4. The summed E-state index contributed by atoms with van der Waals surface area (Å²) in [5, 5.41) is 10.9. The third-order valence-electron chi connectivity index (χ3n) is 5.04. The molecule has 0 aromatic heterocycles. The van der Waals surface area contributed by atoms with Gasteiger partial charge in [0.2, 0.25) is 10.0 Å². The van der Waals surface area contributed by atoms with Crippen molar-refractivity contribution in [3.8, 4) is 0 Å². The molecule has 0 amide bonds. The summed E-state index contributed by atoms with van der Waals surface area (Å²) in [5.74, 6) is 0. The van der Waals surface area contributed by atoms with E-state index in [1.807, 2.05) is 0 Å². The molecule has 2 aromatic rings. The Kier molecular flexibility index (Phi) is 5.59. The molecule has 144 valence electrons. The molecule has 3 rings (SSSR count). The highest BCUT2D eigenvalue weighted by Gasteiger charge is 2.31. The quantitative estimate of drug-likeness (QED) is 0.616. The van der Waals surface area contributed by atoms with E-state index in [0.717, 1.165) is 12.6 Å². The average molecular weight is 390 g/mol. The Balaban J connectivity index is 1.68. The zero-order chi connectivity index (χ0) is 19.6. The van der Waals surface area contributed by atoms with Crippen LogP contribution in [0.25, 0.3) is 0 Å². The van der Waals surface area contributed by atoms with Crippen molar-refractivity contribution in [3.63, 3.8) is 0 Å². The minimum atomic E-state index is -3.71. The Morgan fingerprint density at radius 2 is 1.81 bits per heavy atom. The molecule has 0 spiro atoms. The van der Waals surface area contributed by atoms with Crippen LogP contribution < -0.4 is 4.90 Å². The number of non-ortho nitro benzene ring substituents is 1. The minimum Gasteiger partial charge on any atom is -0.329 e. The topological polar surface area (TPSA) is 85.0 Å². The summed E-state index contributed by atoms with van der Waals surface area (Å²) in [4.78, 5) is 11.7. The van der Waals surface area contributed by atoms with Crippen LogP contribution in [-0.4, -0.2) is 43.8 Å². The number of quaternary nitrogens is 1. The van der Waals surface area contributed by atoms with Crippen molar-refractivity contribution in [2.45, 2.75) is 25.3 Å². The third-order valence-corrected chi connectivity index (χ3v) is 6.94. The van der Waals surface area contributed by atoms with Gasteiger partial charge in [0.1, 0.15) is 6.54 Å². The summed E-state index contributed by atoms with van der Waals surface area (Å²) in [6.45, 7) is 7.27. The molecule has 1 fully saturated rings. The molecule has 0 atom stereocenters. The molecule has 0 aliphatic carbocycles. The van der Waals surface area contributed by atoms with Crippen molar-refractivity contribution in [1.29, 1.82) is 0 Å². The van der Waals surface area contributed by atoms with Crippen molar-refractivity contribution >= 4 is 15.7 Å². The molecule has 2 aromatic carbocycles. The third kappa shape index (κ3) is 4.35. The molecule has 1 N–H and O–H groups in total. The largest absolute Gasteiger partial charge is 0.329 e. The van der Waals surface area contributed by atoms with Crippen LogP contribution in [0.4, 0.5) is 5.69 Å². The smallest absolute Gasteiger partial charge is 0.270 e. The number of sulfonamides is 1. The van der Waals surface area contributed by atoms with Crippen LogP contribution in [0.3, 0.4) is 0 Å². The highest BCUT2D eigenvalue weighted by atomic mass is 32.2. The minimum absolute atomic E-state index is 0.0188. The zero-order valence-electron chi connectivity index (χ0n) is 15.5. The molecule has 7 nitrogen and oxygen atoms in total. The van der Waals surface area contributed by atoms with Crippen molar-refractivity contribution in [2.24, 2.45) is 0 Å². The van der Waals surface area contributed by atoms with E-state index in [-0.39, 0.29) is 10.6 Å². The highest BCUT2D eigenvalue weighted by molar-refractivity contribution is 7.89. The van der Waals surface area contributed by atoms with Gasteiger partial charge in [0.15, 0.2) is 0 Å². The molecular formula is C19H24N3O4S+. The number of aryl methyl sites for hydroxylation is 2. The summed E-state index contributed by atoms with van der Waals surface area (Å²) in [7, 11) is -3.71. The maximum absolute atomic E-state index is 12.8. The standard InChI is InChI=1S/C19H23N3O4S/c1-15-6-7-16(2)17(12-15)14-20-8-10-21(11-9-20)27(25,26)19-5-3-4-18(13-19)22(23)24/h3-7,12-13H,8-11,14H2,1-2H3/p+1. The lowest BCUT2D eigenvalue weighted by molar-refractivity contribution is -0.917. The maximum atomic E-state index is 12.8. The number of nitrogens with zero attached hydrogens (tertiary/aromatic N) is 2. The number of nitrogens with one attached hydrogen (secondary N) is 1. The lowest BCUT2D eigenvalue weighted by Crippen LogP contribution is -3.13. The normalized spacial score (nSPS) is 16.4. The first-order chi connectivity index (χ1) is 12.8. The summed E-state index contributed by atoms with van der Waals surface area (Å²) in [5.41, 5.74) is 3.55. The second kappa shape index (κ2) is 7.75. The van der Waals surface area contributed by atoms with Gasteiger partial charge in [0, 0.05) is 17.7 Å². The molecule has 0 bridgehead atoms. The van der Waals surface area contributed by atoms with Gasteiger partial charge in [0.05, 0.1) is 36.0 Å². The Morgan fingerprint density at radius 3 is 2.48 bits per heavy atom. The van der Waals surface area contributed by atoms with E-state index in [1.54, 1.807) is 0 Å². The van der Waals surface area contributed by atoms with E-state index >= 15 is 0 Å². The fourth-order valence-corrected chi connectivity index (χ4v) is 4.87. The maximum Gasteiger partial charge on any atom is 0.270 e. The molecular weight excluding hydrogens is 366 g/mol. The molecule has 0 unspecified atom stereocenters. The van der Waals surface area contributed by atoms with Crippen LogP contribution in [0.1, 0.15) is 16.7 Å². The van der Waals surface area contributed by atoms with Crippen LogP contribution in [-0.2, 0) is 16.6 Å². The van der Waals surface area contributed by atoms with Gasteiger partial charge in [0.25, 0.3) is 5.69 Å². The van der Waals surface area contributed by atoms with E-state index in [9.17, 15) is 18.5 Å². The number of piperazine rings is 1. The van der Waals surface area contributed by atoms with Crippen LogP contribution >= 0.6 is 0 Å². The number of rotatable bonds is 5. The lowest BCUT2D eigenvalue weighted by Gasteiger charge is -2.31. The fourth-order valence-electron chi connectivity index (χ4n) is 3.39. The molecule has 8 heteroatoms. The summed E-state index contributed by atoms with van der Waals surface area (Å²) >= 11 is 0. The fraction of sp³-hybridized carbons (Fsp3) is 0.368. The molecule has 1 heterocycles. The highest BCUT2D eigenvalue weighted by Crippen LogP contribution is 2.21. The molecule has 1 aliphatic rings. The van der Waals surface area contributed by atoms with E-state index < -0.39 is 14.9 Å². The number of nitro groups is 1.